The molecule has 1 N–H and O–H groups in total. The monoisotopic (exact) mass is 251 g/mol. The van der Waals surface area contributed by atoms with Crippen LogP contribution in [0.15, 0.2) is 49.7 Å². The third-order valence-corrected chi connectivity index (χ3v) is 2.37. The van der Waals surface area contributed by atoms with Gasteiger partial charge in [0, 0.05) is 6.20 Å². The highest BCUT2D eigenvalue weighted by Crippen LogP contribution is 2.02. The Morgan fingerprint density at radius 3 is 2.63 bits per heavy atom. The molecule has 0 aliphatic rings. The maximum atomic E-state index is 4.06. The Balaban J connectivity index is 0.000000117. The summed E-state index contributed by atoms with van der Waals surface area (Å²) in [5.41, 5.74) is 3.31. The van der Waals surface area contributed by atoms with E-state index in [-0.39, 0.29) is 0 Å². The Morgan fingerprint density at radius 2 is 1.74 bits per heavy atom. The average Bonchev–Trinajstić information content (AvgIpc) is 2.96. The van der Waals surface area contributed by atoms with E-state index in [1.807, 2.05) is 12.1 Å². The van der Waals surface area contributed by atoms with Crippen molar-refractivity contribution in [2.24, 2.45) is 0 Å². The molecular weight excluding hydrogens is 242 g/mol. The van der Waals surface area contributed by atoms with Gasteiger partial charge in [-0.15, -0.1) is 0 Å². The van der Waals surface area contributed by atoms with Gasteiger partial charge in [-0.3, -0.25) is 4.98 Å². The summed E-state index contributed by atoms with van der Waals surface area (Å²) in [6.45, 7) is 0. The first kappa shape index (κ1) is 11.1. The van der Waals surface area contributed by atoms with Crippen molar-refractivity contribution < 1.29 is 0 Å². The minimum absolute atomic E-state index is 0.713. The molecule has 0 radical (unpaired) electrons. The smallest absolute Gasteiger partial charge is 0.180 e. The van der Waals surface area contributed by atoms with Crippen LogP contribution in [0.2, 0.25) is 0 Å². The molecular formula is C12H9N7. The molecule has 0 fully saturated rings. The molecule has 4 aromatic heterocycles. The van der Waals surface area contributed by atoms with Gasteiger partial charge in [0.25, 0.3) is 0 Å². The number of hydrogen-bond acceptors (Lipinski definition) is 6. The maximum Gasteiger partial charge on any atom is 0.180 e. The van der Waals surface area contributed by atoms with E-state index in [0.717, 1.165) is 16.6 Å². The van der Waals surface area contributed by atoms with E-state index in [1.54, 1.807) is 24.9 Å². The predicted molar refractivity (Wildman–Crippen MR) is 69.0 cm³/mol. The van der Waals surface area contributed by atoms with Crippen molar-refractivity contribution in [3.8, 4) is 0 Å². The van der Waals surface area contributed by atoms with Gasteiger partial charge in [-0.25, -0.2) is 24.9 Å². The fraction of sp³-hybridized carbons (Fsp3) is 0. The number of aromatic amines is 1. The minimum Gasteiger partial charge on any atom is -0.342 e. The molecule has 4 heterocycles. The first-order valence-corrected chi connectivity index (χ1v) is 5.53. The number of rotatable bonds is 0. The SMILES string of the molecule is c1cnc2cncnc2c1.c1ncc2[nH]cnc2n1. The second kappa shape index (κ2) is 5.13. The molecule has 4 rings (SSSR count). The fourth-order valence-electron chi connectivity index (χ4n) is 1.51. The lowest BCUT2D eigenvalue weighted by Gasteiger charge is -1.89. The number of nitrogens with zero attached hydrogens (tertiary/aromatic N) is 6. The Labute approximate surface area is 107 Å². The Kier molecular flexibility index (Phi) is 3.01. The van der Waals surface area contributed by atoms with Crippen LogP contribution in [0.3, 0.4) is 0 Å². The third kappa shape index (κ3) is 2.49. The predicted octanol–water partition coefficient (Wildman–Crippen LogP) is 1.38. The van der Waals surface area contributed by atoms with Crippen molar-refractivity contribution in [3.63, 3.8) is 0 Å². The molecule has 19 heavy (non-hydrogen) atoms. The van der Waals surface area contributed by atoms with Crippen molar-refractivity contribution in [3.05, 3.63) is 49.7 Å². The fourth-order valence-corrected chi connectivity index (χ4v) is 1.51. The zero-order chi connectivity index (χ0) is 12.9. The topological polar surface area (TPSA) is 93.1 Å². The van der Waals surface area contributed by atoms with Crippen molar-refractivity contribution in [1.29, 1.82) is 0 Å². The first-order valence-electron chi connectivity index (χ1n) is 5.53. The molecule has 0 unspecified atom stereocenters. The van der Waals surface area contributed by atoms with Gasteiger partial charge in [0.15, 0.2) is 5.65 Å². The van der Waals surface area contributed by atoms with Crippen LogP contribution in [-0.4, -0.2) is 34.9 Å². The van der Waals surface area contributed by atoms with Crippen molar-refractivity contribution in [1.82, 2.24) is 34.9 Å². The zero-order valence-corrected chi connectivity index (χ0v) is 9.80. The summed E-state index contributed by atoms with van der Waals surface area (Å²) >= 11 is 0. The van der Waals surface area contributed by atoms with E-state index in [1.165, 1.54) is 12.7 Å². The lowest BCUT2D eigenvalue weighted by molar-refractivity contribution is 1.20. The van der Waals surface area contributed by atoms with Crippen molar-refractivity contribution in [2.75, 3.05) is 0 Å². The van der Waals surface area contributed by atoms with E-state index in [4.69, 9.17) is 0 Å². The Hall–Kier alpha value is -2.96. The highest BCUT2D eigenvalue weighted by molar-refractivity contribution is 5.71. The first-order chi connectivity index (χ1) is 9.43. The van der Waals surface area contributed by atoms with E-state index in [2.05, 4.69) is 34.9 Å². The number of fused-ring (bicyclic) bond motifs is 2. The summed E-state index contributed by atoms with van der Waals surface area (Å²) in [6, 6.07) is 3.76. The maximum absolute atomic E-state index is 4.06. The highest BCUT2D eigenvalue weighted by atomic mass is 15.0. The van der Waals surface area contributed by atoms with E-state index < -0.39 is 0 Å². The molecule has 0 amide bonds. The zero-order valence-electron chi connectivity index (χ0n) is 9.80. The Morgan fingerprint density at radius 1 is 0.842 bits per heavy atom. The molecule has 4 aromatic rings. The lowest BCUT2D eigenvalue weighted by atomic mass is 10.4. The van der Waals surface area contributed by atoms with Gasteiger partial charge in [0.05, 0.1) is 24.2 Å². The summed E-state index contributed by atoms with van der Waals surface area (Å²) in [7, 11) is 0. The normalized spacial score (nSPS) is 10.1. The second-order valence-electron chi connectivity index (χ2n) is 3.59. The van der Waals surface area contributed by atoms with Crippen molar-refractivity contribution in [2.45, 2.75) is 0 Å². The van der Waals surface area contributed by atoms with Gasteiger partial charge in [-0.2, -0.15) is 0 Å². The molecule has 0 bridgehead atoms. The van der Waals surface area contributed by atoms with Crippen LogP contribution in [0.4, 0.5) is 0 Å². The lowest BCUT2D eigenvalue weighted by Crippen LogP contribution is -1.81. The van der Waals surface area contributed by atoms with Gasteiger partial charge in [0.2, 0.25) is 0 Å². The Bertz CT molecular complexity index is 700. The van der Waals surface area contributed by atoms with E-state index in [9.17, 15) is 0 Å². The molecule has 92 valence electrons. The van der Waals surface area contributed by atoms with Crippen LogP contribution in [0, 0.1) is 0 Å². The summed E-state index contributed by atoms with van der Waals surface area (Å²) in [6.07, 6.45) is 9.70. The summed E-state index contributed by atoms with van der Waals surface area (Å²) < 4.78 is 0. The number of nitrogens with one attached hydrogen (secondary N) is 1. The van der Waals surface area contributed by atoms with Crippen LogP contribution in [-0.2, 0) is 0 Å². The number of hydrogen-bond donors (Lipinski definition) is 1. The summed E-state index contributed by atoms with van der Waals surface area (Å²) in [5, 5.41) is 0. The van der Waals surface area contributed by atoms with Crippen LogP contribution in [0.25, 0.3) is 22.2 Å². The number of H-pyrrole nitrogens is 1. The van der Waals surface area contributed by atoms with E-state index >= 15 is 0 Å². The molecule has 0 aliphatic carbocycles. The quantitative estimate of drug-likeness (QED) is 0.507. The summed E-state index contributed by atoms with van der Waals surface area (Å²) in [5.74, 6) is 0. The van der Waals surface area contributed by atoms with Crippen LogP contribution >= 0.6 is 0 Å². The highest BCUT2D eigenvalue weighted by Gasteiger charge is 1.91. The standard InChI is InChI=1S/C7H5N3.C5H4N4/c1-2-6-7(9-3-1)4-8-5-10-6;1-4-5(8-2-6-1)9-3-7-4/h1-5H;1-3H,(H,6,7,8,9). The number of imidazole rings is 1. The van der Waals surface area contributed by atoms with Gasteiger partial charge >= 0.3 is 0 Å². The van der Waals surface area contributed by atoms with Gasteiger partial charge < -0.3 is 4.98 Å². The van der Waals surface area contributed by atoms with Crippen LogP contribution in [0.1, 0.15) is 0 Å². The molecule has 0 spiro atoms. The van der Waals surface area contributed by atoms with Crippen LogP contribution in [0.5, 0.6) is 0 Å². The molecule has 0 atom stereocenters. The number of aromatic nitrogens is 7. The average molecular weight is 251 g/mol. The van der Waals surface area contributed by atoms with Gasteiger partial charge in [-0.05, 0) is 12.1 Å². The second-order valence-corrected chi connectivity index (χ2v) is 3.59. The summed E-state index contributed by atoms with van der Waals surface area (Å²) in [4.78, 5) is 26.4. The molecule has 0 aliphatic heterocycles. The third-order valence-electron chi connectivity index (χ3n) is 2.37. The van der Waals surface area contributed by atoms with E-state index in [0.29, 0.717) is 5.65 Å². The largest absolute Gasteiger partial charge is 0.342 e. The molecule has 0 saturated carbocycles. The molecule has 0 saturated heterocycles. The molecule has 7 nitrogen and oxygen atoms in total. The van der Waals surface area contributed by atoms with Crippen LogP contribution < -0.4 is 0 Å². The number of pyridine rings is 1. The minimum atomic E-state index is 0.713. The van der Waals surface area contributed by atoms with Gasteiger partial charge in [-0.1, -0.05) is 0 Å². The molecule has 7 heteroatoms. The van der Waals surface area contributed by atoms with Crippen molar-refractivity contribution >= 4 is 22.2 Å². The molecule has 0 aromatic carbocycles. The van der Waals surface area contributed by atoms with Gasteiger partial charge in [0.1, 0.15) is 23.7 Å².